The van der Waals surface area contributed by atoms with E-state index in [0.29, 0.717) is 16.6 Å². The lowest BCUT2D eigenvalue weighted by atomic mass is 9.76. The Bertz CT molecular complexity index is 1330. The molecule has 0 aliphatic carbocycles. The van der Waals surface area contributed by atoms with Crippen LogP contribution in [0.1, 0.15) is 19.8 Å². The van der Waals surface area contributed by atoms with Gasteiger partial charge in [0.2, 0.25) is 10.0 Å². The third-order valence-electron chi connectivity index (χ3n) is 6.82. The molecular formula is C23H28N4O4S. The molecule has 32 heavy (non-hydrogen) atoms. The molecule has 0 radical (unpaired) electrons. The number of sulfonamides is 1. The molecule has 1 aromatic carbocycles. The zero-order valence-corrected chi connectivity index (χ0v) is 19.2. The average molecular weight is 457 g/mol. The standard InChI is InChI=1S/C23H28N4O4S/c1-3-32(29,30)25-16-4-5-20(27-10-7-23(8-11-27)14-31-15-23)18(12-16)19-13-26(2)22(28)21-17(19)6-9-24-21/h4-6,9,12-13,24-25H,3,7-8,10-11,14-15H2,1-2H3. The zero-order valence-electron chi connectivity index (χ0n) is 18.3. The van der Waals surface area contributed by atoms with Crippen LogP contribution < -0.4 is 15.2 Å². The molecule has 2 aliphatic heterocycles. The lowest BCUT2D eigenvalue weighted by molar-refractivity contribution is -0.124. The number of nitrogens with one attached hydrogen (secondary N) is 2. The number of benzene rings is 1. The number of anilines is 2. The summed E-state index contributed by atoms with van der Waals surface area (Å²) >= 11 is 0. The Balaban J connectivity index is 1.63. The van der Waals surface area contributed by atoms with E-state index >= 15 is 0 Å². The number of ether oxygens (including phenoxy) is 1. The summed E-state index contributed by atoms with van der Waals surface area (Å²) in [5.74, 6) is 0.00224. The highest BCUT2D eigenvalue weighted by Gasteiger charge is 2.41. The second kappa shape index (κ2) is 7.67. The van der Waals surface area contributed by atoms with Gasteiger partial charge in [-0.05, 0) is 44.0 Å². The summed E-state index contributed by atoms with van der Waals surface area (Å²) in [5, 5.41) is 0.825. The van der Waals surface area contributed by atoms with Crippen LogP contribution in [0.25, 0.3) is 22.0 Å². The van der Waals surface area contributed by atoms with E-state index in [9.17, 15) is 13.2 Å². The van der Waals surface area contributed by atoms with E-state index in [0.717, 1.165) is 61.3 Å². The normalized spacial score (nSPS) is 18.1. The van der Waals surface area contributed by atoms with Crippen LogP contribution in [-0.4, -0.2) is 50.0 Å². The molecule has 3 aromatic rings. The van der Waals surface area contributed by atoms with E-state index < -0.39 is 10.0 Å². The number of rotatable bonds is 5. The van der Waals surface area contributed by atoms with Gasteiger partial charge in [-0.15, -0.1) is 0 Å². The van der Waals surface area contributed by atoms with E-state index in [-0.39, 0.29) is 11.3 Å². The minimum Gasteiger partial charge on any atom is -0.380 e. The van der Waals surface area contributed by atoms with E-state index in [2.05, 4.69) is 14.6 Å². The molecule has 9 heteroatoms. The van der Waals surface area contributed by atoms with Crippen LogP contribution >= 0.6 is 0 Å². The molecule has 2 fully saturated rings. The lowest BCUT2D eigenvalue weighted by Crippen LogP contribution is -2.51. The topological polar surface area (TPSA) is 96.4 Å². The van der Waals surface area contributed by atoms with E-state index in [1.165, 1.54) is 0 Å². The molecule has 1 spiro atoms. The van der Waals surface area contributed by atoms with Crippen molar-refractivity contribution in [1.82, 2.24) is 9.55 Å². The molecule has 2 saturated heterocycles. The molecule has 0 unspecified atom stereocenters. The van der Waals surface area contributed by atoms with E-state index in [4.69, 9.17) is 4.74 Å². The molecule has 8 nitrogen and oxygen atoms in total. The smallest absolute Gasteiger partial charge is 0.274 e. The molecule has 0 atom stereocenters. The molecule has 2 aromatic heterocycles. The zero-order chi connectivity index (χ0) is 22.5. The summed E-state index contributed by atoms with van der Waals surface area (Å²) < 4.78 is 34.1. The highest BCUT2D eigenvalue weighted by Crippen LogP contribution is 2.43. The molecule has 0 amide bonds. The molecule has 2 aliphatic rings. The minimum absolute atomic E-state index is 0.00224. The number of hydrogen-bond donors (Lipinski definition) is 2. The van der Waals surface area contributed by atoms with Crippen molar-refractivity contribution in [2.24, 2.45) is 12.5 Å². The van der Waals surface area contributed by atoms with Gasteiger partial charge in [0.1, 0.15) is 5.52 Å². The van der Waals surface area contributed by atoms with Crippen molar-refractivity contribution in [3.8, 4) is 11.1 Å². The van der Waals surface area contributed by atoms with Crippen molar-refractivity contribution in [3.05, 3.63) is 47.0 Å². The van der Waals surface area contributed by atoms with Crippen LogP contribution in [0.2, 0.25) is 0 Å². The first-order chi connectivity index (χ1) is 15.3. The first-order valence-corrected chi connectivity index (χ1v) is 12.6. The monoisotopic (exact) mass is 456 g/mol. The van der Waals surface area contributed by atoms with Gasteiger partial charge in [0, 0.05) is 65.8 Å². The van der Waals surface area contributed by atoms with E-state index in [1.54, 1.807) is 24.7 Å². The summed E-state index contributed by atoms with van der Waals surface area (Å²) in [7, 11) is -1.67. The fraction of sp³-hybridized carbons (Fsp3) is 0.435. The Hall–Kier alpha value is -2.78. The number of H-pyrrole nitrogens is 1. The van der Waals surface area contributed by atoms with Crippen molar-refractivity contribution in [3.63, 3.8) is 0 Å². The average Bonchev–Trinajstić information content (AvgIpc) is 3.25. The summed E-state index contributed by atoms with van der Waals surface area (Å²) in [6, 6.07) is 7.59. The predicted octanol–water partition coefficient (Wildman–Crippen LogP) is 2.91. The number of nitrogens with zero attached hydrogens (tertiary/aromatic N) is 2. The first-order valence-electron chi connectivity index (χ1n) is 11.0. The molecule has 0 bridgehead atoms. The number of piperidine rings is 1. The number of aryl methyl sites for hydroxylation is 1. The molecule has 170 valence electrons. The first kappa shape index (κ1) is 21.1. The number of fused-ring (bicyclic) bond motifs is 1. The fourth-order valence-corrected chi connectivity index (χ4v) is 5.36. The van der Waals surface area contributed by atoms with Crippen molar-refractivity contribution in [1.29, 1.82) is 0 Å². The second-order valence-corrected chi connectivity index (χ2v) is 11.0. The summed E-state index contributed by atoms with van der Waals surface area (Å²) in [6.07, 6.45) is 5.74. The quantitative estimate of drug-likeness (QED) is 0.615. The fourth-order valence-electron chi connectivity index (χ4n) is 4.73. The van der Waals surface area contributed by atoms with Gasteiger partial charge in [-0.25, -0.2) is 8.42 Å². The van der Waals surface area contributed by atoms with Gasteiger partial charge in [-0.1, -0.05) is 0 Å². The molecule has 5 rings (SSSR count). The van der Waals surface area contributed by atoms with Gasteiger partial charge < -0.3 is 19.2 Å². The van der Waals surface area contributed by atoms with Crippen LogP contribution in [0, 0.1) is 5.41 Å². The number of aromatic nitrogens is 2. The van der Waals surface area contributed by atoms with Gasteiger partial charge in [0.05, 0.1) is 19.0 Å². The molecular weight excluding hydrogens is 428 g/mol. The largest absolute Gasteiger partial charge is 0.380 e. The van der Waals surface area contributed by atoms with Crippen LogP contribution in [-0.2, 0) is 21.8 Å². The Morgan fingerprint density at radius 1 is 1.16 bits per heavy atom. The van der Waals surface area contributed by atoms with Gasteiger partial charge >= 0.3 is 0 Å². The van der Waals surface area contributed by atoms with Crippen molar-refractivity contribution in [2.45, 2.75) is 19.8 Å². The SMILES string of the molecule is CCS(=O)(=O)Nc1ccc(N2CCC3(CC2)COC3)c(-c2cn(C)c(=O)c3[nH]ccc23)c1. The Morgan fingerprint density at radius 2 is 1.91 bits per heavy atom. The van der Waals surface area contributed by atoms with E-state index in [1.807, 2.05) is 30.5 Å². The Kier molecular flexibility index (Phi) is 5.05. The van der Waals surface area contributed by atoms with Gasteiger partial charge in [-0.2, -0.15) is 0 Å². The van der Waals surface area contributed by atoms with Gasteiger partial charge in [-0.3, -0.25) is 9.52 Å². The summed E-state index contributed by atoms with van der Waals surface area (Å²) in [5.41, 5.74) is 4.12. The Labute approximate surface area is 187 Å². The highest BCUT2D eigenvalue weighted by atomic mass is 32.2. The van der Waals surface area contributed by atoms with Crippen LogP contribution in [0.3, 0.4) is 0 Å². The lowest BCUT2D eigenvalue weighted by Gasteiger charge is -2.48. The Morgan fingerprint density at radius 3 is 2.56 bits per heavy atom. The van der Waals surface area contributed by atoms with Crippen molar-refractivity contribution < 1.29 is 13.2 Å². The van der Waals surface area contributed by atoms with Crippen LogP contribution in [0.4, 0.5) is 11.4 Å². The maximum atomic E-state index is 12.6. The molecule has 4 heterocycles. The van der Waals surface area contributed by atoms with Crippen LogP contribution in [0.5, 0.6) is 0 Å². The van der Waals surface area contributed by atoms with Gasteiger partial charge in [0.25, 0.3) is 5.56 Å². The van der Waals surface area contributed by atoms with Crippen LogP contribution in [0.15, 0.2) is 41.5 Å². The minimum atomic E-state index is -3.41. The molecule has 2 N–H and O–H groups in total. The second-order valence-electron chi connectivity index (χ2n) is 8.94. The third-order valence-corrected chi connectivity index (χ3v) is 8.12. The number of hydrogen-bond acceptors (Lipinski definition) is 5. The maximum absolute atomic E-state index is 12.6. The number of pyridine rings is 1. The molecule has 0 saturated carbocycles. The predicted molar refractivity (Wildman–Crippen MR) is 127 cm³/mol. The summed E-state index contributed by atoms with van der Waals surface area (Å²) in [4.78, 5) is 18.0. The van der Waals surface area contributed by atoms with Gasteiger partial charge in [0.15, 0.2) is 0 Å². The highest BCUT2D eigenvalue weighted by molar-refractivity contribution is 7.92. The summed E-state index contributed by atoms with van der Waals surface area (Å²) in [6.45, 7) is 5.13. The maximum Gasteiger partial charge on any atom is 0.274 e. The van der Waals surface area contributed by atoms with Crippen molar-refractivity contribution >= 4 is 32.3 Å². The number of aromatic amines is 1. The third kappa shape index (κ3) is 3.59. The van der Waals surface area contributed by atoms with Crippen molar-refractivity contribution in [2.75, 3.05) is 41.7 Å².